The molecule has 0 fully saturated rings. The summed E-state index contributed by atoms with van der Waals surface area (Å²) in [6.45, 7) is 0. The van der Waals surface area contributed by atoms with Gasteiger partial charge in [0.15, 0.2) is 11.3 Å². The lowest BCUT2D eigenvalue weighted by Crippen LogP contribution is -2.12. The van der Waals surface area contributed by atoms with Gasteiger partial charge in [-0.25, -0.2) is 9.97 Å². The summed E-state index contributed by atoms with van der Waals surface area (Å²) in [5.41, 5.74) is 7.54. The molecule has 3 aromatic heterocycles. The zero-order valence-electron chi connectivity index (χ0n) is 8.70. The zero-order valence-corrected chi connectivity index (χ0v) is 8.70. The van der Waals surface area contributed by atoms with Gasteiger partial charge in [-0.3, -0.25) is 9.20 Å². The number of primary amides is 1. The van der Waals surface area contributed by atoms with Crippen LogP contribution in [0.3, 0.4) is 0 Å². The maximum Gasteiger partial charge on any atom is 0.271 e. The first-order valence-corrected chi connectivity index (χ1v) is 4.92. The van der Waals surface area contributed by atoms with Gasteiger partial charge in [0.2, 0.25) is 0 Å². The first-order chi connectivity index (χ1) is 8.27. The highest BCUT2D eigenvalue weighted by Crippen LogP contribution is 2.21. The van der Waals surface area contributed by atoms with Gasteiger partial charge in [0.1, 0.15) is 6.33 Å². The predicted octanol–water partition coefficient (Wildman–Crippen LogP) is 1.09. The van der Waals surface area contributed by atoms with E-state index in [-0.39, 0.29) is 5.69 Å². The average molecular weight is 228 g/mol. The Morgan fingerprint density at radius 2 is 2.24 bits per heavy atom. The molecule has 6 nitrogen and oxygen atoms in total. The molecular weight excluding hydrogens is 220 g/mol. The summed E-state index contributed by atoms with van der Waals surface area (Å²) in [4.78, 5) is 19.2. The van der Waals surface area contributed by atoms with Gasteiger partial charge in [-0.1, -0.05) is 0 Å². The molecule has 3 aromatic rings. The molecule has 0 bridgehead atoms. The molecule has 1 amide bonds. The fraction of sp³-hybridized carbons (Fsp3) is 0. The summed E-state index contributed by atoms with van der Waals surface area (Å²) in [7, 11) is 0. The van der Waals surface area contributed by atoms with E-state index in [1.807, 2.05) is 12.1 Å². The second kappa shape index (κ2) is 3.44. The number of furan rings is 1. The number of hydrogen-bond donors (Lipinski definition) is 1. The number of aromatic nitrogens is 3. The van der Waals surface area contributed by atoms with Crippen LogP contribution in [0, 0.1) is 0 Å². The van der Waals surface area contributed by atoms with E-state index in [1.165, 1.54) is 6.33 Å². The molecule has 0 saturated heterocycles. The van der Waals surface area contributed by atoms with Crippen molar-refractivity contribution in [1.29, 1.82) is 0 Å². The minimum atomic E-state index is -0.593. The molecule has 0 aliphatic carbocycles. The van der Waals surface area contributed by atoms with Crippen molar-refractivity contribution in [3.05, 3.63) is 42.9 Å². The van der Waals surface area contributed by atoms with Crippen LogP contribution in [-0.2, 0) is 0 Å². The first kappa shape index (κ1) is 9.59. The van der Waals surface area contributed by atoms with Crippen molar-refractivity contribution < 1.29 is 9.21 Å². The highest BCUT2D eigenvalue weighted by Gasteiger charge is 2.13. The molecule has 0 radical (unpaired) electrons. The number of nitrogens with zero attached hydrogens (tertiary/aromatic N) is 3. The van der Waals surface area contributed by atoms with Crippen LogP contribution in [0.2, 0.25) is 0 Å². The third-order valence-corrected chi connectivity index (χ3v) is 2.48. The van der Waals surface area contributed by atoms with Gasteiger partial charge in [0.05, 0.1) is 18.2 Å². The second-order valence-corrected chi connectivity index (χ2v) is 3.49. The number of carbonyl (C=O) groups excluding carboxylic acids is 1. The average Bonchev–Trinajstić information content (AvgIpc) is 2.97. The lowest BCUT2D eigenvalue weighted by molar-refractivity contribution is 0.0997. The van der Waals surface area contributed by atoms with Crippen LogP contribution < -0.4 is 5.73 Å². The Morgan fingerprint density at radius 1 is 1.35 bits per heavy atom. The van der Waals surface area contributed by atoms with Gasteiger partial charge >= 0.3 is 0 Å². The number of imidazole rings is 1. The van der Waals surface area contributed by atoms with Crippen LogP contribution in [0.1, 0.15) is 10.5 Å². The van der Waals surface area contributed by atoms with Crippen LogP contribution in [0.15, 0.2) is 41.6 Å². The normalized spacial score (nSPS) is 10.8. The lowest BCUT2D eigenvalue weighted by Gasteiger charge is -2.01. The first-order valence-electron chi connectivity index (χ1n) is 4.92. The number of hydrogen-bond acceptors (Lipinski definition) is 4. The minimum Gasteiger partial charge on any atom is -0.472 e. The fourth-order valence-electron chi connectivity index (χ4n) is 1.72. The molecule has 0 saturated carbocycles. The van der Waals surface area contributed by atoms with Crippen molar-refractivity contribution in [2.45, 2.75) is 0 Å². The summed E-state index contributed by atoms with van der Waals surface area (Å²) < 4.78 is 6.73. The molecule has 84 valence electrons. The Bertz CT molecular complexity index is 685. The largest absolute Gasteiger partial charge is 0.472 e. The van der Waals surface area contributed by atoms with Gasteiger partial charge in [-0.15, -0.1) is 0 Å². The smallest absolute Gasteiger partial charge is 0.271 e. The van der Waals surface area contributed by atoms with E-state index in [0.29, 0.717) is 5.65 Å². The van der Waals surface area contributed by atoms with Gasteiger partial charge < -0.3 is 10.2 Å². The molecule has 0 aromatic carbocycles. The van der Waals surface area contributed by atoms with Crippen molar-refractivity contribution in [2.24, 2.45) is 5.73 Å². The highest BCUT2D eigenvalue weighted by atomic mass is 16.3. The van der Waals surface area contributed by atoms with Gasteiger partial charge in [-0.2, -0.15) is 0 Å². The van der Waals surface area contributed by atoms with E-state index >= 15 is 0 Å². The van der Waals surface area contributed by atoms with Gasteiger partial charge in [0, 0.05) is 11.8 Å². The predicted molar refractivity (Wildman–Crippen MR) is 59.2 cm³/mol. The second-order valence-electron chi connectivity index (χ2n) is 3.49. The third-order valence-electron chi connectivity index (χ3n) is 2.48. The summed E-state index contributed by atoms with van der Waals surface area (Å²) in [5, 5.41) is 0. The molecule has 17 heavy (non-hydrogen) atoms. The fourth-order valence-corrected chi connectivity index (χ4v) is 1.72. The van der Waals surface area contributed by atoms with Crippen molar-refractivity contribution in [2.75, 3.05) is 0 Å². The molecule has 0 aliphatic heterocycles. The zero-order chi connectivity index (χ0) is 11.8. The molecule has 0 atom stereocenters. The van der Waals surface area contributed by atoms with Crippen LogP contribution in [0.5, 0.6) is 0 Å². The van der Waals surface area contributed by atoms with Crippen LogP contribution >= 0.6 is 0 Å². The number of rotatable bonds is 2. The summed E-state index contributed by atoms with van der Waals surface area (Å²) in [6.07, 6.45) is 6.31. The van der Waals surface area contributed by atoms with E-state index in [2.05, 4.69) is 9.97 Å². The molecule has 0 aliphatic rings. The Kier molecular flexibility index (Phi) is 1.94. The Hall–Kier alpha value is -2.63. The van der Waals surface area contributed by atoms with Crippen molar-refractivity contribution in [3.8, 4) is 11.3 Å². The Morgan fingerprint density at radius 3 is 2.94 bits per heavy atom. The molecule has 3 heterocycles. The van der Waals surface area contributed by atoms with E-state index in [1.54, 1.807) is 23.1 Å². The van der Waals surface area contributed by atoms with Crippen molar-refractivity contribution >= 4 is 11.6 Å². The standard InChI is InChI=1S/C11H8N4O2/c12-10(16)9-11-13-3-1-8(15(11)6-14-9)7-2-4-17-5-7/h1-6H,(H2,12,16). The topological polar surface area (TPSA) is 86.4 Å². The number of amides is 1. The summed E-state index contributed by atoms with van der Waals surface area (Å²) in [5.74, 6) is -0.593. The summed E-state index contributed by atoms with van der Waals surface area (Å²) in [6, 6.07) is 3.63. The van der Waals surface area contributed by atoms with E-state index in [9.17, 15) is 4.79 Å². The van der Waals surface area contributed by atoms with E-state index in [4.69, 9.17) is 10.2 Å². The quantitative estimate of drug-likeness (QED) is 0.711. The van der Waals surface area contributed by atoms with Crippen LogP contribution in [0.25, 0.3) is 16.9 Å². The maximum atomic E-state index is 11.2. The van der Waals surface area contributed by atoms with Gasteiger partial charge in [-0.05, 0) is 12.1 Å². The minimum absolute atomic E-state index is 0.162. The lowest BCUT2D eigenvalue weighted by atomic mass is 10.2. The Balaban J connectivity index is 2.32. The number of nitrogens with two attached hydrogens (primary N) is 1. The summed E-state index contributed by atoms with van der Waals surface area (Å²) >= 11 is 0. The molecule has 2 N–H and O–H groups in total. The van der Waals surface area contributed by atoms with Crippen LogP contribution in [-0.4, -0.2) is 20.3 Å². The van der Waals surface area contributed by atoms with E-state index < -0.39 is 5.91 Å². The monoisotopic (exact) mass is 228 g/mol. The molecule has 3 rings (SSSR count). The highest BCUT2D eigenvalue weighted by molar-refractivity contribution is 5.97. The molecule has 0 unspecified atom stereocenters. The molecule has 6 heteroatoms. The number of carbonyl (C=O) groups is 1. The van der Waals surface area contributed by atoms with Crippen molar-refractivity contribution in [1.82, 2.24) is 14.4 Å². The van der Waals surface area contributed by atoms with Crippen molar-refractivity contribution in [3.63, 3.8) is 0 Å². The maximum absolute atomic E-state index is 11.2. The Labute approximate surface area is 95.7 Å². The molecule has 0 spiro atoms. The van der Waals surface area contributed by atoms with Gasteiger partial charge in [0.25, 0.3) is 5.91 Å². The van der Waals surface area contributed by atoms with E-state index in [0.717, 1.165) is 11.3 Å². The SMILES string of the molecule is NC(=O)c1ncn2c(-c3ccoc3)ccnc12. The third kappa shape index (κ3) is 1.38. The number of fused-ring (bicyclic) bond motifs is 1. The van der Waals surface area contributed by atoms with Crippen LogP contribution in [0.4, 0.5) is 0 Å². The molecular formula is C11H8N4O2.